The maximum atomic E-state index is 13.0. The molecule has 0 bridgehead atoms. The van der Waals surface area contributed by atoms with Gasteiger partial charge in [-0.05, 0) is 37.7 Å². The summed E-state index contributed by atoms with van der Waals surface area (Å²) in [5.74, 6) is -3.97. The van der Waals surface area contributed by atoms with Gasteiger partial charge in [0.05, 0.1) is 6.61 Å². The monoisotopic (exact) mass is 462 g/mol. The SMILES string of the molecule is CSCCC(NC(=O)C(CCC(=O)O)NC(=O)C(N)CO)C(=O)N1CCCC1C(=O)O. The number of carboxylic acids is 2. The van der Waals surface area contributed by atoms with Gasteiger partial charge in [0.2, 0.25) is 17.7 Å². The molecule has 1 aliphatic rings. The minimum Gasteiger partial charge on any atom is -0.481 e. The van der Waals surface area contributed by atoms with E-state index in [9.17, 15) is 29.1 Å². The molecule has 0 aromatic heterocycles. The average Bonchev–Trinajstić information content (AvgIpc) is 3.22. The third-order valence-corrected chi connectivity index (χ3v) is 5.50. The molecule has 1 aliphatic heterocycles. The number of carbonyl (C=O) groups is 5. The third kappa shape index (κ3) is 8.34. The summed E-state index contributed by atoms with van der Waals surface area (Å²) in [6.45, 7) is -0.411. The van der Waals surface area contributed by atoms with Gasteiger partial charge in [-0.2, -0.15) is 11.8 Å². The van der Waals surface area contributed by atoms with E-state index in [4.69, 9.17) is 15.9 Å². The van der Waals surface area contributed by atoms with Gasteiger partial charge in [-0.25, -0.2) is 4.79 Å². The van der Waals surface area contributed by atoms with Crippen LogP contribution in [0.2, 0.25) is 0 Å². The number of likely N-dealkylation sites (tertiary alicyclic amines) is 1. The number of carbonyl (C=O) groups excluding carboxylic acids is 3. The second-order valence-electron chi connectivity index (χ2n) is 7.15. The van der Waals surface area contributed by atoms with Gasteiger partial charge >= 0.3 is 11.9 Å². The minimum atomic E-state index is -1.30. The number of nitrogens with zero attached hydrogens (tertiary/aromatic N) is 1. The van der Waals surface area contributed by atoms with Crippen LogP contribution in [0.3, 0.4) is 0 Å². The number of aliphatic hydroxyl groups excluding tert-OH is 1. The maximum Gasteiger partial charge on any atom is 0.326 e. The lowest BCUT2D eigenvalue weighted by atomic mass is 10.1. The van der Waals surface area contributed by atoms with E-state index < -0.39 is 66.9 Å². The number of aliphatic hydroxyl groups is 1. The summed E-state index contributed by atoms with van der Waals surface area (Å²) < 4.78 is 0. The van der Waals surface area contributed by atoms with Crippen LogP contribution in [-0.2, 0) is 24.0 Å². The van der Waals surface area contributed by atoms with E-state index in [2.05, 4.69) is 10.6 Å². The van der Waals surface area contributed by atoms with Crippen LogP contribution in [0.15, 0.2) is 0 Å². The highest BCUT2D eigenvalue weighted by atomic mass is 32.2. The molecule has 1 fully saturated rings. The van der Waals surface area contributed by atoms with Crippen molar-refractivity contribution < 1.29 is 39.3 Å². The minimum absolute atomic E-state index is 0.227. The van der Waals surface area contributed by atoms with Crippen LogP contribution in [0.25, 0.3) is 0 Å². The Morgan fingerprint density at radius 1 is 1.10 bits per heavy atom. The van der Waals surface area contributed by atoms with E-state index in [0.717, 1.165) is 0 Å². The molecule has 176 valence electrons. The van der Waals surface area contributed by atoms with Crippen LogP contribution in [0, 0.1) is 0 Å². The first-order chi connectivity index (χ1) is 14.6. The van der Waals surface area contributed by atoms with Crippen LogP contribution in [0.5, 0.6) is 0 Å². The molecule has 13 heteroatoms. The van der Waals surface area contributed by atoms with Gasteiger partial charge in [0.1, 0.15) is 24.2 Å². The zero-order chi connectivity index (χ0) is 23.6. The lowest BCUT2D eigenvalue weighted by molar-refractivity contribution is -0.149. The van der Waals surface area contributed by atoms with E-state index in [0.29, 0.717) is 18.6 Å². The molecule has 0 aromatic carbocycles. The molecule has 31 heavy (non-hydrogen) atoms. The number of hydrogen-bond donors (Lipinski definition) is 6. The third-order valence-electron chi connectivity index (χ3n) is 4.86. The van der Waals surface area contributed by atoms with Crippen molar-refractivity contribution in [2.24, 2.45) is 5.73 Å². The molecule has 0 saturated carbocycles. The Kier molecular flexibility index (Phi) is 11.3. The zero-order valence-corrected chi connectivity index (χ0v) is 18.1. The van der Waals surface area contributed by atoms with Crippen molar-refractivity contribution in [1.82, 2.24) is 15.5 Å². The Labute approximate surface area is 183 Å². The van der Waals surface area contributed by atoms with Crippen LogP contribution in [-0.4, -0.2) is 99.2 Å². The Morgan fingerprint density at radius 3 is 2.29 bits per heavy atom. The van der Waals surface area contributed by atoms with E-state index in [1.807, 2.05) is 6.26 Å². The van der Waals surface area contributed by atoms with Crippen LogP contribution in [0.1, 0.15) is 32.1 Å². The molecule has 0 radical (unpaired) electrons. The topological polar surface area (TPSA) is 199 Å². The molecule has 0 aromatic rings. The number of carboxylic acid groups (broad SMARTS) is 2. The molecule has 0 aliphatic carbocycles. The van der Waals surface area contributed by atoms with E-state index in [1.165, 1.54) is 16.7 Å². The lowest BCUT2D eigenvalue weighted by Crippen LogP contribution is -2.57. The molecule has 1 heterocycles. The van der Waals surface area contributed by atoms with Gasteiger partial charge in [-0.1, -0.05) is 0 Å². The number of nitrogens with two attached hydrogens (primary N) is 1. The van der Waals surface area contributed by atoms with Crippen molar-refractivity contribution in [2.45, 2.75) is 56.3 Å². The Hall–Kier alpha value is -2.38. The van der Waals surface area contributed by atoms with Gasteiger partial charge in [-0.3, -0.25) is 19.2 Å². The summed E-state index contributed by atoms with van der Waals surface area (Å²) >= 11 is 1.43. The number of thioether (sulfide) groups is 1. The summed E-state index contributed by atoms with van der Waals surface area (Å²) in [7, 11) is 0. The summed E-state index contributed by atoms with van der Waals surface area (Å²) in [6.07, 6.45) is 2.21. The van der Waals surface area contributed by atoms with E-state index >= 15 is 0 Å². The highest BCUT2D eigenvalue weighted by Gasteiger charge is 2.38. The quantitative estimate of drug-likeness (QED) is 0.177. The largest absolute Gasteiger partial charge is 0.481 e. The van der Waals surface area contributed by atoms with Crippen LogP contribution < -0.4 is 16.4 Å². The standard InChI is InChI=1S/C18H30N4O8S/c1-31-8-6-12(17(28)22-7-2-3-13(22)18(29)30)21-16(27)11(4-5-14(24)25)20-15(26)10(19)9-23/h10-13,23H,2-9,19H2,1H3,(H,20,26)(H,21,27)(H,24,25)(H,29,30). The fourth-order valence-electron chi connectivity index (χ4n) is 3.15. The first-order valence-corrected chi connectivity index (χ1v) is 11.2. The fourth-order valence-corrected chi connectivity index (χ4v) is 3.62. The number of aliphatic carboxylic acids is 2. The van der Waals surface area contributed by atoms with Gasteiger partial charge < -0.3 is 36.6 Å². The number of nitrogens with one attached hydrogen (secondary N) is 2. The summed E-state index contributed by atoms with van der Waals surface area (Å²) in [5.41, 5.74) is 5.43. The van der Waals surface area contributed by atoms with Crippen molar-refractivity contribution in [2.75, 3.05) is 25.2 Å². The highest BCUT2D eigenvalue weighted by molar-refractivity contribution is 7.98. The molecule has 7 N–H and O–H groups in total. The number of rotatable bonds is 13. The second-order valence-corrected chi connectivity index (χ2v) is 8.14. The summed E-state index contributed by atoms with van der Waals surface area (Å²) in [5, 5.41) is 32.1. The predicted octanol–water partition coefficient (Wildman–Crippen LogP) is -2.03. The summed E-state index contributed by atoms with van der Waals surface area (Å²) in [4.78, 5) is 61.3. The van der Waals surface area contributed by atoms with Crippen molar-refractivity contribution in [3.8, 4) is 0 Å². The molecular formula is C18H30N4O8S. The zero-order valence-electron chi connectivity index (χ0n) is 17.3. The van der Waals surface area contributed by atoms with E-state index in [-0.39, 0.29) is 19.4 Å². The lowest BCUT2D eigenvalue weighted by Gasteiger charge is -2.28. The van der Waals surface area contributed by atoms with Gasteiger partial charge in [-0.15, -0.1) is 0 Å². The van der Waals surface area contributed by atoms with Gasteiger partial charge in [0, 0.05) is 13.0 Å². The summed E-state index contributed by atoms with van der Waals surface area (Å²) in [6, 6.07) is -4.59. The van der Waals surface area contributed by atoms with Crippen molar-refractivity contribution in [3.63, 3.8) is 0 Å². The number of amides is 3. The fraction of sp³-hybridized carbons (Fsp3) is 0.722. The normalized spacial score (nSPS) is 18.7. The molecule has 0 spiro atoms. The maximum absolute atomic E-state index is 13.0. The van der Waals surface area contributed by atoms with Crippen LogP contribution in [0.4, 0.5) is 0 Å². The molecule has 1 saturated heterocycles. The van der Waals surface area contributed by atoms with Crippen molar-refractivity contribution >= 4 is 41.4 Å². The molecule has 1 rings (SSSR count). The molecular weight excluding hydrogens is 432 g/mol. The van der Waals surface area contributed by atoms with E-state index in [1.54, 1.807) is 0 Å². The van der Waals surface area contributed by atoms with Crippen molar-refractivity contribution in [3.05, 3.63) is 0 Å². The Morgan fingerprint density at radius 2 is 1.74 bits per heavy atom. The highest BCUT2D eigenvalue weighted by Crippen LogP contribution is 2.20. The van der Waals surface area contributed by atoms with Crippen LogP contribution >= 0.6 is 11.8 Å². The number of hydrogen-bond acceptors (Lipinski definition) is 8. The molecule has 3 amide bonds. The first-order valence-electron chi connectivity index (χ1n) is 9.83. The predicted molar refractivity (Wildman–Crippen MR) is 111 cm³/mol. The average molecular weight is 463 g/mol. The molecule has 4 unspecified atom stereocenters. The molecule has 4 atom stereocenters. The van der Waals surface area contributed by atoms with Gasteiger partial charge in [0.25, 0.3) is 0 Å². The van der Waals surface area contributed by atoms with Crippen molar-refractivity contribution in [1.29, 1.82) is 0 Å². The van der Waals surface area contributed by atoms with Gasteiger partial charge in [0.15, 0.2) is 0 Å². The Balaban J connectivity index is 2.97. The first kappa shape index (κ1) is 26.7. The Bertz CT molecular complexity index is 677. The molecule has 12 nitrogen and oxygen atoms in total. The second kappa shape index (κ2) is 13.1. The smallest absolute Gasteiger partial charge is 0.326 e.